The molecule has 4 N–H and O–H groups in total. The molecule has 7 nitrogen and oxygen atoms in total. The van der Waals surface area contributed by atoms with Crippen molar-refractivity contribution in [3.8, 4) is 0 Å². The minimum absolute atomic E-state index is 0.0912. The van der Waals surface area contributed by atoms with Crippen LogP contribution in [0.1, 0.15) is 77.9 Å². The number of aliphatic hydroxyl groups excluding tert-OH is 2. The summed E-state index contributed by atoms with van der Waals surface area (Å²) < 4.78 is 0. The molecular weight excluding hydrogens is 460 g/mol. The van der Waals surface area contributed by atoms with Crippen LogP contribution in [0.3, 0.4) is 0 Å². The molecule has 0 aliphatic heterocycles. The average molecular weight is 503 g/mol. The summed E-state index contributed by atoms with van der Waals surface area (Å²) in [5.41, 5.74) is 2.83. The Bertz CT molecular complexity index is 951. The van der Waals surface area contributed by atoms with E-state index in [2.05, 4.69) is 27.7 Å². The number of aryl methyl sites for hydroxylation is 3. The largest absolute Gasteiger partial charge is 0.478 e. The van der Waals surface area contributed by atoms with Gasteiger partial charge in [0.25, 0.3) is 5.78 Å². The van der Waals surface area contributed by atoms with Crippen molar-refractivity contribution >= 4 is 17.7 Å². The smallest absolute Gasteiger partial charge is 0.377 e. The van der Waals surface area contributed by atoms with Gasteiger partial charge in [0.1, 0.15) is 0 Å². The number of rotatable bonds is 9. The Kier molecular flexibility index (Phi) is 14.5. The van der Waals surface area contributed by atoms with E-state index in [1.165, 1.54) is 0 Å². The van der Waals surface area contributed by atoms with Crippen LogP contribution in [-0.2, 0) is 4.79 Å². The number of hydrogen-bond acceptors (Lipinski definition) is 5. The Morgan fingerprint density at radius 2 is 1.31 bits per heavy atom. The van der Waals surface area contributed by atoms with Crippen molar-refractivity contribution in [1.82, 2.24) is 0 Å². The lowest BCUT2D eigenvalue weighted by Gasteiger charge is -2.34. The molecule has 0 radical (unpaired) electrons. The number of aromatic carboxylic acids is 1. The quantitative estimate of drug-likeness (QED) is 0.270. The normalized spacial score (nSPS) is 10.8. The summed E-state index contributed by atoms with van der Waals surface area (Å²) in [4.78, 5) is 32.0. The van der Waals surface area contributed by atoms with Crippen molar-refractivity contribution in [3.63, 3.8) is 0 Å². The molecule has 0 bridgehead atoms. The fourth-order valence-electron chi connectivity index (χ4n) is 3.66. The number of aliphatic hydroxyl groups is 2. The van der Waals surface area contributed by atoms with E-state index in [1.54, 1.807) is 44.2 Å². The van der Waals surface area contributed by atoms with E-state index in [0.717, 1.165) is 29.5 Å². The highest BCUT2D eigenvalue weighted by atomic mass is 16.4. The second-order valence-corrected chi connectivity index (χ2v) is 9.84. The number of ketones is 1. The molecule has 0 saturated heterocycles. The van der Waals surface area contributed by atoms with E-state index in [9.17, 15) is 24.6 Å². The molecule has 0 aliphatic rings. The standard InChI is InChI=1S/C11H12O3.C11H24O2.C7H6O2/c1-6-4-7(2)9(8(3)5-6)10(12)11(13)14;1-9(2)5-6-11(7-12,8-13)10(3)4;8-7(9)6-4-2-1-3-5-6/h4-5H,1-3H3,(H,13,14);9-10,12-13H,5-8H2,1-4H3;1-5H,(H,8,9). The van der Waals surface area contributed by atoms with Gasteiger partial charge in [-0.3, -0.25) is 4.79 Å². The first-order valence-electron chi connectivity index (χ1n) is 12.1. The molecule has 0 heterocycles. The van der Waals surface area contributed by atoms with Gasteiger partial charge in [-0.25, -0.2) is 9.59 Å². The maximum atomic E-state index is 11.3. The summed E-state index contributed by atoms with van der Waals surface area (Å²) in [5, 5.41) is 35.6. The maximum absolute atomic E-state index is 11.3. The summed E-state index contributed by atoms with van der Waals surface area (Å²) in [5.74, 6) is -2.15. The first-order valence-corrected chi connectivity index (χ1v) is 12.1. The van der Waals surface area contributed by atoms with Crippen LogP contribution < -0.4 is 0 Å². The summed E-state index contributed by atoms with van der Waals surface area (Å²) in [6, 6.07) is 11.9. The summed E-state index contributed by atoms with van der Waals surface area (Å²) in [7, 11) is 0. The molecular formula is C29H42O7. The molecule has 0 atom stereocenters. The summed E-state index contributed by atoms with van der Waals surface area (Å²) in [6.07, 6.45) is 1.98. The van der Waals surface area contributed by atoms with Gasteiger partial charge in [0, 0.05) is 11.0 Å². The number of carboxylic acid groups (broad SMARTS) is 2. The number of carbonyl (C=O) groups excluding carboxylic acids is 1. The van der Waals surface area contributed by atoms with Crippen LogP contribution in [0.4, 0.5) is 0 Å². The number of hydrogen-bond donors (Lipinski definition) is 4. The zero-order valence-corrected chi connectivity index (χ0v) is 22.5. The molecule has 36 heavy (non-hydrogen) atoms. The molecule has 0 aromatic heterocycles. The van der Waals surface area contributed by atoms with Crippen LogP contribution in [0, 0.1) is 38.0 Å². The van der Waals surface area contributed by atoms with Crippen molar-refractivity contribution in [2.75, 3.05) is 13.2 Å². The topological polar surface area (TPSA) is 132 Å². The van der Waals surface area contributed by atoms with Crippen molar-refractivity contribution < 1.29 is 34.8 Å². The van der Waals surface area contributed by atoms with Gasteiger partial charge in [0.2, 0.25) is 0 Å². The first-order chi connectivity index (χ1) is 16.7. The molecule has 2 aromatic carbocycles. The molecule has 0 aliphatic carbocycles. The van der Waals surface area contributed by atoms with E-state index in [-0.39, 0.29) is 18.6 Å². The van der Waals surface area contributed by atoms with Gasteiger partial charge in [-0.1, -0.05) is 70.0 Å². The molecule has 7 heteroatoms. The highest BCUT2D eigenvalue weighted by molar-refractivity contribution is 6.40. The minimum Gasteiger partial charge on any atom is -0.478 e. The van der Waals surface area contributed by atoms with Gasteiger partial charge in [0.05, 0.1) is 18.8 Å². The third-order valence-electron chi connectivity index (χ3n) is 6.19. The van der Waals surface area contributed by atoms with Crippen LogP contribution >= 0.6 is 0 Å². The van der Waals surface area contributed by atoms with E-state index < -0.39 is 17.7 Å². The lowest BCUT2D eigenvalue weighted by atomic mass is 9.74. The van der Waals surface area contributed by atoms with E-state index in [4.69, 9.17) is 10.2 Å². The number of carbonyl (C=O) groups is 3. The monoisotopic (exact) mass is 502 g/mol. The molecule has 2 aromatic rings. The molecule has 0 unspecified atom stereocenters. The van der Waals surface area contributed by atoms with Gasteiger partial charge < -0.3 is 20.4 Å². The molecule has 0 saturated carbocycles. The van der Waals surface area contributed by atoms with Crippen molar-refractivity contribution in [3.05, 3.63) is 70.3 Å². The second kappa shape index (κ2) is 15.9. The van der Waals surface area contributed by atoms with Crippen molar-refractivity contribution in [1.29, 1.82) is 0 Å². The molecule has 0 spiro atoms. The Morgan fingerprint density at radius 1 is 0.833 bits per heavy atom. The van der Waals surface area contributed by atoms with Crippen molar-refractivity contribution in [2.45, 2.75) is 61.3 Å². The fraction of sp³-hybridized carbons (Fsp3) is 0.483. The van der Waals surface area contributed by atoms with Crippen LogP contribution in [0.25, 0.3) is 0 Å². The average Bonchev–Trinajstić information content (AvgIpc) is 2.80. The van der Waals surface area contributed by atoms with Gasteiger partial charge >= 0.3 is 11.9 Å². The van der Waals surface area contributed by atoms with Gasteiger partial charge in [-0.15, -0.1) is 0 Å². The van der Waals surface area contributed by atoms with Crippen LogP contribution in [0.2, 0.25) is 0 Å². The summed E-state index contributed by atoms with van der Waals surface area (Å²) >= 11 is 0. The third kappa shape index (κ3) is 10.7. The van der Waals surface area contributed by atoms with E-state index in [0.29, 0.717) is 23.0 Å². The zero-order chi connectivity index (χ0) is 28.1. The molecule has 0 fully saturated rings. The Hall–Kier alpha value is -3.03. The number of benzene rings is 2. The Labute approximate surface area is 214 Å². The predicted octanol–water partition coefficient (Wildman–Crippen LogP) is 5.31. The van der Waals surface area contributed by atoms with Gasteiger partial charge in [-0.05, 0) is 62.3 Å². The first kappa shape index (κ1) is 33.0. The lowest BCUT2D eigenvalue weighted by Crippen LogP contribution is -2.35. The van der Waals surface area contributed by atoms with Gasteiger partial charge in [0.15, 0.2) is 0 Å². The number of carboxylic acids is 2. The molecule has 200 valence electrons. The molecule has 0 amide bonds. The lowest BCUT2D eigenvalue weighted by molar-refractivity contribution is -0.131. The van der Waals surface area contributed by atoms with Gasteiger partial charge in [-0.2, -0.15) is 0 Å². The Balaban J connectivity index is 0.000000522. The van der Waals surface area contributed by atoms with E-state index in [1.807, 2.05) is 19.1 Å². The molecule has 2 rings (SSSR count). The second-order valence-electron chi connectivity index (χ2n) is 9.84. The summed E-state index contributed by atoms with van der Waals surface area (Å²) in [6.45, 7) is 14.0. The van der Waals surface area contributed by atoms with Crippen molar-refractivity contribution in [2.24, 2.45) is 17.3 Å². The highest BCUT2D eigenvalue weighted by Crippen LogP contribution is 2.33. The SMILES string of the molecule is CC(C)CCC(CO)(CO)C(C)C.Cc1cc(C)c(C(=O)C(=O)O)c(C)c1.O=C(O)c1ccccc1. The van der Waals surface area contributed by atoms with E-state index >= 15 is 0 Å². The van der Waals surface area contributed by atoms with Crippen LogP contribution in [0.5, 0.6) is 0 Å². The zero-order valence-electron chi connectivity index (χ0n) is 22.5. The highest BCUT2D eigenvalue weighted by Gasteiger charge is 2.32. The van der Waals surface area contributed by atoms with Crippen LogP contribution in [-0.4, -0.2) is 51.4 Å². The third-order valence-corrected chi connectivity index (χ3v) is 6.19. The fourth-order valence-corrected chi connectivity index (χ4v) is 3.66. The maximum Gasteiger partial charge on any atom is 0.377 e. The minimum atomic E-state index is -1.40. The predicted molar refractivity (Wildman–Crippen MR) is 142 cm³/mol. The number of aliphatic carboxylic acids is 1. The Morgan fingerprint density at radius 3 is 1.61 bits per heavy atom. The number of Topliss-reactive ketones (excluding diaryl/α,β-unsaturated/α-hetero) is 1. The van der Waals surface area contributed by atoms with Crippen LogP contribution in [0.15, 0.2) is 42.5 Å².